The highest BCUT2D eigenvalue weighted by atomic mass is 16.3. The summed E-state index contributed by atoms with van der Waals surface area (Å²) in [4.78, 5) is 0. The van der Waals surface area contributed by atoms with E-state index in [4.69, 9.17) is 43.6 Å². The second-order valence-corrected chi connectivity index (χ2v) is 12.7. The fourth-order valence-corrected chi connectivity index (χ4v) is 7.59. The van der Waals surface area contributed by atoms with Crippen LogP contribution in [0.25, 0.3) is 88.0 Å². The van der Waals surface area contributed by atoms with Gasteiger partial charge >= 0.3 is 0 Å². The first-order valence-electron chi connectivity index (χ1n) is 16.5. The Bertz CT molecular complexity index is 2720. The van der Waals surface area contributed by atoms with Crippen molar-refractivity contribution in [2.75, 3.05) is 0 Å². The maximum Gasteiger partial charge on any atom is 0.136 e. The van der Waals surface area contributed by atoms with Crippen LogP contribution in [-0.4, -0.2) is 39.2 Å². The molecule has 0 amide bonds. The van der Waals surface area contributed by atoms with Gasteiger partial charge in [0.05, 0.1) is 0 Å². The van der Waals surface area contributed by atoms with E-state index in [0.29, 0.717) is 16.5 Å². The molecule has 0 unspecified atom stereocenters. The molecule has 1 nitrogen and oxygen atoms in total. The minimum absolute atomic E-state index is 0.192. The Morgan fingerprint density at radius 3 is 1.36 bits per heavy atom. The second-order valence-electron chi connectivity index (χ2n) is 12.7. The van der Waals surface area contributed by atoms with E-state index >= 15 is 0 Å². The molecule has 9 aromatic rings. The highest BCUT2D eigenvalue weighted by molar-refractivity contribution is 6.69. The van der Waals surface area contributed by atoms with Gasteiger partial charge in [-0.2, -0.15) is 0 Å². The molecule has 1 heterocycles. The molecule has 10 radical (unpaired) electrons. The van der Waals surface area contributed by atoms with Gasteiger partial charge in [0.25, 0.3) is 0 Å². The molecule has 0 spiro atoms. The molecule has 0 aliphatic heterocycles. The summed E-state index contributed by atoms with van der Waals surface area (Å²) in [6.45, 7) is 0. The zero-order chi connectivity index (χ0) is 34.1. The maximum absolute atomic E-state index is 6.72. The van der Waals surface area contributed by atoms with Crippen LogP contribution in [-0.2, 0) is 0 Å². The lowest BCUT2D eigenvalue weighted by molar-refractivity contribution is 0.669. The van der Waals surface area contributed by atoms with Crippen LogP contribution in [0.5, 0.6) is 0 Å². The first-order valence-corrected chi connectivity index (χ1v) is 16.5. The third kappa shape index (κ3) is 4.55. The van der Waals surface area contributed by atoms with E-state index in [2.05, 4.69) is 109 Å². The molecule has 8 aromatic carbocycles. The molecular formula is C44H23B5O. The van der Waals surface area contributed by atoms with Crippen LogP contribution in [0.2, 0.25) is 0 Å². The van der Waals surface area contributed by atoms with Gasteiger partial charge < -0.3 is 4.42 Å². The molecule has 0 aliphatic carbocycles. The van der Waals surface area contributed by atoms with Gasteiger partial charge in [-0.25, -0.2) is 0 Å². The van der Waals surface area contributed by atoms with E-state index in [0.717, 1.165) is 76.9 Å². The summed E-state index contributed by atoms with van der Waals surface area (Å²) in [5, 5.41) is 6.11. The predicted molar refractivity (Wildman–Crippen MR) is 217 cm³/mol. The Labute approximate surface area is 297 Å². The minimum atomic E-state index is 0.192. The van der Waals surface area contributed by atoms with Crippen molar-refractivity contribution < 1.29 is 4.42 Å². The largest absolute Gasteiger partial charge is 0.456 e. The van der Waals surface area contributed by atoms with Gasteiger partial charge in [-0.3, -0.25) is 0 Å². The van der Waals surface area contributed by atoms with E-state index in [1.165, 1.54) is 5.56 Å². The fraction of sp³-hybridized carbons (Fsp3) is 0. The van der Waals surface area contributed by atoms with E-state index in [1.54, 1.807) is 0 Å². The van der Waals surface area contributed by atoms with Crippen molar-refractivity contribution in [3.63, 3.8) is 0 Å². The Morgan fingerprint density at radius 2 is 0.760 bits per heavy atom. The van der Waals surface area contributed by atoms with Crippen LogP contribution in [0.15, 0.2) is 144 Å². The van der Waals surface area contributed by atoms with Gasteiger partial charge in [0.2, 0.25) is 0 Å². The van der Waals surface area contributed by atoms with Gasteiger partial charge in [0.15, 0.2) is 0 Å². The lowest BCUT2D eigenvalue weighted by atomic mass is 9.59. The first-order chi connectivity index (χ1) is 24.4. The molecule has 6 heteroatoms. The van der Waals surface area contributed by atoms with Crippen LogP contribution < -0.4 is 27.3 Å². The van der Waals surface area contributed by atoms with E-state index in [1.807, 2.05) is 30.3 Å². The summed E-state index contributed by atoms with van der Waals surface area (Å²) in [6.07, 6.45) is 0. The summed E-state index contributed by atoms with van der Waals surface area (Å²) in [5.41, 5.74) is 11.0. The third-order valence-electron chi connectivity index (χ3n) is 9.97. The summed E-state index contributed by atoms with van der Waals surface area (Å²) in [5.74, 6) is 0. The lowest BCUT2D eigenvalue weighted by Gasteiger charge is -2.25. The van der Waals surface area contributed by atoms with Gasteiger partial charge in [-0.05, 0) is 78.7 Å². The number of para-hydroxylation sites is 1. The van der Waals surface area contributed by atoms with Gasteiger partial charge in [-0.1, -0.05) is 132 Å². The number of fused-ring (bicyclic) bond motifs is 5. The minimum Gasteiger partial charge on any atom is -0.456 e. The summed E-state index contributed by atoms with van der Waals surface area (Å²) in [6, 6.07) is 48.4. The van der Waals surface area contributed by atoms with Crippen molar-refractivity contribution >= 4 is 110 Å². The molecule has 0 aliphatic rings. The number of benzene rings is 8. The molecule has 1 aromatic heterocycles. The van der Waals surface area contributed by atoms with Gasteiger partial charge in [0, 0.05) is 16.3 Å². The smallest absolute Gasteiger partial charge is 0.136 e. The monoisotopic (exact) mass is 622 g/mol. The zero-order valence-corrected chi connectivity index (χ0v) is 27.1. The van der Waals surface area contributed by atoms with Crippen molar-refractivity contribution in [2.24, 2.45) is 0 Å². The summed E-state index contributed by atoms with van der Waals surface area (Å²) < 4.78 is 6.45. The molecule has 220 valence electrons. The predicted octanol–water partition coefficient (Wildman–Crippen LogP) is 6.53. The summed E-state index contributed by atoms with van der Waals surface area (Å²) in [7, 11) is 32.5. The third-order valence-corrected chi connectivity index (χ3v) is 9.97. The van der Waals surface area contributed by atoms with Crippen molar-refractivity contribution in [3.05, 3.63) is 140 Å². The van der Waals surface area contributed by atoms with E-state index in [9.17, 15) is 0 Å². The topological polar surface area (TPSA) is 13.1 Å². The Morgan fingerprint density at radius 1 is 0.300 bits per heavy atom. The lowest BCUT2D eigenvalue weighted by Crippen LogP contribution is -2.55. The quantitative estimate of drug-likeness (QED) is 0.161. The average Bonchev–Trinajstić information content (AvgIpc) is 3.55. The zero-order valence-electron chi connectivity index (χ0n) is 27.1. The van der Waals surface area contributed by atoms with Crippen molar-refractivity contribution in [1.29, 1.82) is 0 Å². The molecule has 0 N–H and O–H groups in total. The Kier molecular flexibility index (Phi) is 7.18. The Hall–Kier alpha value is -5.60. The van der Waals surface area contributed by atoms with Crippen LogP contribution in [0, 0.1) is 0 Å². The average molecular weight is 622 g/mol. The molecule has 0 saturated carbocycles. The number of furan rings is 1. The van der Waals surface area contributed by atoms with Crippen molar-refractivity contribution in [1.82, 2.24) is 0 Å². The van der Waals surface area contributed by atoms with Crippen LogP contribution >= 0.6 is 0 Å². The number of hydrogen-bond acceptors (Lipinski definition) is 1. The van der Waals surface area contributed by atoms with Gasteiger partial charge in [0.1, 0.15) is 50.4 Å². The molecule has 0 atom stereocenters. The summed E-state index contributed by atoms with van der Waals surface area (Å²) >= 11 is 0. The first kappa shape index (κ1) is 30.5. The number of rotatable bonds is 4. The SMILES string of the molecule is [B]c1c([B])c([B])c(-c2c3ccccc3c(-c3ccc4oc5ccccc5c4c3-c3ccc(-c4ccccc4)cc3)c3ccccc23)c([B])c1[B]. The van der Waals surface area contributed by atoms with Crippen LogP contribution in [0.3, 0.4) is 0 Å². The van der Waals surface area contributed by atoms with E-state index in [-0.39, 0.29) is 16.4 Å². The van der Waals surface area contributed by atoms with Gasteiger partial charge in [-0.15, -0.1) is 16.4 Å². The van der Waals surface area contributed by atoms with E-state index < -0.39 is 0 Å². The van der Waals surface area contributed by atoms with Crippen molar-refractivity contribution in [2.45, 2.75) is 0 Å². The standard InChI is InChI=1S/C44H23B5O/c45-40-39(41(46)43(48)44(49)42(40)47)37-29-14-6-4-12-27(29)36(28-13-5-7-15-30(28)37)32-22-23-34-38(31-16-8-9-17-33(31)50-34)35(32)26-20-18-25(19-21-26)24-10-2-1-3-11-24/h1-23H. The molecule has 9 rings (SSSR count). The molecule has 0 bridgehead atoms. The molecule has 0 saturated heterocycles. The highest BCUT2D eigenvalue weighted by Gasteiger charge is 2.24. The second kappa shape index (κ2) is 11.8. The molecule has 0 fully saturated rings. The van der Waals surface area contributed by atoms with Crippen LogP contribution in [0.4, 0.5) is 0 Å². The number of hydrogen-bond donors (Lipinski definition) is 0. The molecule has 50 heavy (non-hydrogen) atoms. The molecular weight excluding hydrogens is 599 g/mol. The Balaban J connectivity index is 1.42. The van der Waals surface area contributed by atoms with Crippen LogP contribution in [0.1, 0.15) is 0 Å². The fourth-order valence-electron chi connectivity index (χ4n) is 7.59. The highest BCUT2D eigenvalue weighted by Crippen LogP contribution is 2.49. The normalized spacial score (nSPS) is 11.6. The van der Waals surface area contributed by atoms with Crippen molar-refractivity contribution in [3.8, 4) is 44.5 Å². The maximum atomic E-state index is 6.72.